The fraction of sp³-hybridized carbons (Fsp3) is 0.227. The second-order valence-electron chi connectivity index (χ2n) is 6.62. The van der Waals surface area contributed by atoms with E-state index >= 15 is 0 Å². The normalized spacial score (nSPS) is 18.9. The van der Waals surface area contributed by atoms with Gasteiger partial charge in [-0.15, -0.1) is 11.3 Å². The molecule has 0 radical (unpaired) electrons. The number of carbonyl (C=O) groups is 1. The average Bonchev–Trinajstić information content (AvgIpc) is 3.24. The van der Waals surface area contributed by atoms with E-state index in [0.717, 1.165) is 17.7 Å². The third-order valence-electron chi connectivity index (χ3n) is 4.78. The summed E-state index contributed by atoms with van der Waals surface area (Å²) in [6.07, 6.45) is 1.67. The number of carbonyl (C=O) groups excluding carboxylic acids is 1. The van der Waals surface area contributed by atoms with Crippen molar-refractivity contribution < 1.29 is 4.79 Å². The molecule has 0 bridgehead atoms. The van der Waals surface area contributed by atoms with Gasteiger partial charge in [-0.05, 0) is 29.0 Å². The number of benzene rings is 2. The quantitative estimate of drug-likeness (QED) is 0.621. The van der Waals surface area contributed by atoms with Crippen LogP contribution in [0, 0.1) is 0 Å². The van der Waals surface area contributed by atoms with Crippen LogP contribution in [0.25, 0.3) is 0 Å². The predicted molar refractivity (Wildman–Crippen MR) is 103 cm³/mol. The van der Waals surface area contributed by atoms with E-state index in [1.165, 1.54) is 16.9 Å². The van der Waals surface area contributed by atoms with Gasteiger partial charge in [-0.25, -0.2) is 0 Å². The summed E-state index contributed by atoms with van der Waals surface area (Å²) in [5, 5.41) is 5.75. The Hall–Kier alpha value is -2.23. The maximum absolute atomic E-state index is 12.3. The van der Waals surface area contributed by atoms with E-state index in [4.69, 9.17) is 0 Å². The molecule has 1 aliphatic carbocycles. The Labute approximate surface area is 152 Å². The molecule has 1 aliphatic rings. The Balaban J connectivity index is 1.31. The topological polar surface area (TPSA) is 29.1 Å². The van der Waals surface area contributed by atoms with Crippen molar-refractivity contribution >= 4 is 17.1 Å². The van der Waals surface area contributed by atoms with Crippen molar-refractivity contribution in [3.63, 3.8) is 0 Å². The molecule has 4 rings (SSSR count). The van der Waals surface area contributed by atoms with Crippen molar-refractivity contribution in [1.82, 2.24) is 5.32 Å². The zero-order chi connectivity index (χ0) is 17.1. The summed E-state index contributed by atoms with van der Waals surface area (Å²) >= 11 is 1.80. The number of Topliss-reactive ketones (excluding diaryl/α,β-unsaturated/α-hetero) is 1. The molecule has 0 aliphatic heterocycles. The molecule has 3 heteroatoms. The zero-order valence-corrected chi connectivity index (χ0v) is 14.8. The van der Waals surface area contributed by atoms with E-state index in [1.807, 2.05) is 30.3 Å². The molecule has 2 nitrogen and oxygen atoms in total. The molecule has 1 saturated carbocycles. The fourth-order valence-corrected chi connectivity index (χ4v) is 3.88. The Morgan fingerprint density at radius 3 is 2.52 bits per heavy atom. The van der Waals surface area contributed by atoms with Crippen LogP contribution in [0.5, 0.6) is 0 Å². The number of nitrogens with one attached hydrogen (secondary N) is 1. The van der Waals surface area contributed by atoms with Gasteiger partial charge < -0.3 is 5.32 Å². The van der Waals surface area contributed by atoms with Crippen molar-refractivity contribution in [2.75, 3.05) is 0 Å². The minimum atomic E-state index is 0.176. The monoisotopic (exact) mass is 347 g/mol. The van der Waals surface area contributed by atoms with Gasteiger partial charge in [0.05, 0.1) is 0 Å². The van der Waals surface area contributed by atoms with Crippen LogP contribution in [0.2, 0.25) is 0 Å². The minimum Gasteiger partial charge on any atom is -0.308 e. The summed E-state index contributed by atoms with van der Waals surface area (Å²) < 4.78 is 0. The highest BCUT2D eigenvalue weighted by atomic mass is 32.1. The summed E-state index contributed by atoms with van der Waals surface area (Å²) in [7, 11) is 0. The van der Waals surface area contributed by atoms with Gasteiger partial charge in [0, 0.05) is 35.4 Å². The van der Waals surface area contributed by atoms with E-state index in [9.17, 15) is 4.79 Å². The predicted octanol–water partition coefficient (Wildman–Crippen LogP) is 4.82. The van der Waals surface area contributed by atoms with E-state index in [-0.39, 0.29) is 5.78 Å². The second-order valence-corrected chi connectivity index (χ2v) is 7.65. The van der Waals surface area contributed by atoms with Crippen LogP contribution in [-0.2, 0) is 13.0 Å². The molecular weight excluding hydrogens is 326 g/mol. The van der Waals surface area contributed by atoms with Crippen LogP contribution in [0.3, 0.4) is 0 Å². The van der Waals surface area contributed by atoms with E-state index in [0.29, 0.717) is 18.4 Å². The molecule has 126 valence electrons. The Morgan fingerprint density at radius 1 is 1.00 bits per heavy atom. The lowest BCUT2D eigenvalue weighted by molar-refractivity contribution is 0.0993. The lowest BCUT2D eigenvalue weighted by Gasteiger charge is -2.05. The first-order chi connectivity index (χ1) is 12.3. The zero-order valence-electron chi connectivity index (χ0n) is 14.0. The first-order valence-corrected chi connectivity index (χ1v) is 9.60. The summed E-state index contributed by atoms with van der Waals surface area (Å²) in [4.78, 5) is 13.7. The minimum absolute atomic E-state index is 0.176. The lowest BCUT2D eigenvalue weighted by Crippen LogP contribution is -2.16. The maximum Gasteiger partial charge on any atom is 0.167 e. The van der Waals surface area contributed by atoms with Crippen molar-refractivity contribution in [2.24, 2.45) is 0 Å². The third-order valence-corrected chi connectivity index (χ3v) is 5.65. The summed E-state index contributed by atoms with van der Waals surface area (Å²) in [5.74, 6) is 0.786. The molecule has 1 fully saturated rings. The Morgan fingerprint density at radius 2 is 1.80 bits per heavy atom. The van der Waals surface area contributed by atoms with E-state index < -0.39 is 0 Å². The van der Waals surface area contributed by atoms with Gasteiger partial charge in [-0.1, -0.05) is 60.7 Å². The second kappa shape index (κ2) is 7.34. The van der Waals surface area contributed by atoms with Gasteiger partial charge in [0.15, 0.2) is 5.78 Å². The molecule has 25 heavy (non-hydrogen) atoms. The summed E-state index contributed by atoms with van der Waals surface area (Å²) in [6.45, 7) is 0.961. The summed E-state index contributed by atoms with van der Waals surface area (Å²) in [6, 6.07) is 22.9. The molecule has 0 spiro atoms. The van der Waals surface area contributed by atoms with Gasteiger partial charge in [-0.3, -0.25) is 4.79 Å². The molecule has 2 atom stereocenters. The molecule has 2 aromatic carbocycles. The lowest BCUT2D eigenvalue weighted by atomic mass is 10.0. The van der Waals surface area contributed by atoms with Gasteiger partial charge in [0.1, 0.15) is 0 Å². The smallest absolute Gasteiger partial charge is 0.167 e. The van der Waals surface area contributed by atoms with Gasteiger partial charge in [0.25, 0.3) is 0 Å². The number of hydrogen-bond donors (Lipinski definition) is 1. The maximum atomic E-state index is 12.3. The van der Waals surface area contributed by atoms with Gasteiger partial charge >= 0.3 is 0 Å². The molecule has 1 heterocycles. The highest BCUT2D eigenvalue weighted by molar-refractivity contribution is 7.09. The van der Waals surface area contributed by atoms with Gasteiger partial charge in [0.2, 0.25) is 0 Å². The van der Waals surface area contributed by atoms with Crippen molar-refractivity contribution in [2.45, 2.75) is 31.3 Å². The van der Waals surface area contributed by atoms with E-state index in [2.05, 4.69) is 47.1 Å². The Bertz CT molecular complexity index is 824. The van der Waals surface area contributed by atoms with Crippen molar-refractivity contribution in [1.29, 1.82) is 0 Å². The molecule has 0 amide bonds. The van der Waals surface area contributed by atoms with Crippen LogP contribution >= 0.6 is 11.3 Å². The highest BCUT2D eigenvalue weighted by Crippen LogP contribution is 2.41. The van der Waals surface area contributed by atoms with E-state index in [1.54, 1.807) is 11.3 Å². The SMILES string of the molecule is O=C(Cc1ccc(C2CC2NCc2cccs2)cc1)c1ccccc1. The molecule has 1 N–H and O–H groups in total. The molecule has 1 aromatic heterocycles. The third kappa shape index (κ3) is 4.06. The first-order valence-electron chi connectivity index (χ1n) is 8.72. The number of rotatable bonds is 7. The van der Waals surface area contributed by atoms with Crippen molar-refractivity contribution in [3.05, 3.63) is 93.7 Å². The molecule has 2 unspecified atom stereocenters. The van der Waals surface area contributed by atoms with Crippen LogP contribution in [-0.4, -0.2) is 11.8 Å². The molecular formula is C22H21NOS. The molecule has 3 aromatic rings. The highest BCUT2D eigenvalue weighted by Gasteiger charge is 2.37. The van der Waals surface area contributed by atoms with Crippen LogP contribution in [0.15, 0.2) is 72.1 Å². The van der Waals surface area contributed by atoms with Crippen LogP contribution in [0.4, 0.5) is 0 Å². The number of ketones is 1. The molecule has 0 saturated heterocycles. The average molecular weight is 347 g/mol. The number of thiophene rings is 1. The van der Waals surface area contributed by atoms with Crippen LogP contribution < -0.4 is 5.32 Å². The largest absolute Gasteiger partial charge is 0.308 e. The van der Waals surface area contributed by atoms with Crippen LogP contribution in [0.1, 0.15) is 38.7 Å². The van der Waals surface area contributed by atoms with Gasteiger partial charge in [-0.2, -0.15) is 0 Å². The first kappa shape index (κ1) is 16.2. The standard InChI is InChI=1S/C22H21NOS/c24-22(18-5-2-1-3-6-18)13-16-8-10-17(11-9-16)20-14-21(20)23-15-19-7-4-12-25-19/h1-12,20-21,23H,13-15H2. The fourth-order valence-electron chi connectivity index (χ4n) is 3.23. The van der Waals surface area contributed by atoms with Crippen molar-refractivity contribution in [3.8, 4) is 0 Å². The summed E-state index contributed by atoms with van der Waals surface area (Å²) in [5.41, 5.74) is 3.24. The Kier molecular flexibility index (Phi) is 4.77. The number of hydrogen-bond acceptors (Lipinski definition) is 3.